The molecule has 13 heavy (non-hydrogen) atoms. The van der Waals surface area contributed by atoms with Gasteiger partial charge in [0.05, 0.1) is 12.7 Å². The van der Waals surface area contributed by atoms with E-state index in [0.717, 1.165) is 17.7 Å². The summed E-state index contributed by atoms with van der Waals surface area (Å²) in [5.74, 6) is 1.10. The van der Waals surface area contributed by atoms with Gasteiger partial charge in [-0.3, -0.25) is 0 Å². The highest BCUT2D eigenvalue weighted by molar-refractivity contribution is 5.40. The lowest BCUT2D eigenvalue weighted by Crippen LogP contribution is -2.18. The van der Waals surface area contributed by atoms with E-state index in [4.69, 9.17) is 4.74 Å². The van der Waals surface area contributed by atoms with Crippen molar-refractivity contribution in [3.05, 3.63) is 29.8 Å². The molecule has 0 aromatic heterocycles. The lowest BCUT2D eigenvalue weighted by Gasteiger charge is -2.14. The maximum atomic E-state index is 9.72. The molecule has 1 aromatic carbocycles. The summed E-state index contributed by atoms with van der Waals surface area (Å²) in [6, 6.07) is 7.94. The van der Waals surface area contributed by atoms with Crippen molar-refractivity contribution in [1.82, 2.24) is 0 Å². The predicted molar refractivity (Wildman–Crippen MR) is 51.0 cm³/mol. The summed E-state index contributed by atoms with van der Waals surface area (Å²) >= 11 is 0. The van der Waals surface area contributed by atoms with Crippen LogP contribution in [-0.4, -0.2) is 17.8 Å². The van der Waals surface area contributed by atoms with Crippen molar-refractivity contribution in [2.24, 2.45) is 0 Å². The summed E-state index contributed by atoms with van der Waals surface area (Å²) in [4.78, 5) is 0. The minimum Gasteiger partial charge on any atom is -0.493 e. The van der Waals surface area contributed by atoms with Gasteiger partial charge in [-0.1, -0.05) is 25.1 Å². The number of aliphatic hydroxyl groups excluding tert-OH is 1. The first kappa shape index (κ1) is 8.57. The highest BCUT2D eigenvalue weighted by Gasteiger charge is 2.28. The molecule has 0 radical (unpaired) electrons. The molecular weight excluding hydrogens is 164 g/mol. The number of rotatable bonds is 2. The van der Waals surface area contributed by atoms with Crippen molar-refractivity contribution in [3.8, 4) is 5.75 Å². The second-order valence-electron chi connectivity index (χ2n) is 3.43. The third-order valence-corrected chi connectivity index (χ3v) is 2.62. The first-order valence-corrected chi connectivity index (χ1v) is 4.72. The Hall–Kier alpha value is -1.02. The molecule has 70 valence electrons. The molecular formula is C11H14O2. The van der Waals surface area contributed by atoms with Gasteiger partial charge in [-0.2, -0.15) is 0 Å². The molecule has 1 aliphatic rings. The van der Waals surface area contributed by atoms with Gasteiger partial charge in [-0.25, -0.2) is 0 Å². The zero-order valence-corrected chi connectivity index (χ0v) is 7.73. The fourth-order valence-electron chi connectivity index (χ4n) is 1.79. The van der Waals surface area contributed by atoms with Crippen molar-refractivity contribution in [3.63, 3.8) is 0 Å². The second kappa shape index (κ2) is 3.38. The van der Waals surface area contributed by atoms with Crippen LogP contribution in [-0.2, 0) is 0 Å². The molecule has 2 atom stereocenters. The molecule has 2 heteroatoms. The molecule has 0 amide bonds. The highest BCUT2D eigenvalue weighted by Crippen LogP contribution is 2.36. The maximum absolute atomic E-state index is 9.72. The van der Waals surface area contributed by atoms with E-state index in [0.29, 0.717) is 6.61 Å². The third-order valence-electron chi connectivity index (χ3n) is 2.62. The minimum absolute atomic E-state index is 0.168. The topological polar surface area (TPSA) is 29.5 Å². The number of benzene rings is 1. The van der Waals surface area contributed by atoms with E-state index >= 15 is 0 Å². The molecule has 1 unspecified atom stereocenters. The largest absolute Gasteiger partial charge is 0.493 e. The Morgan fingerprint density at radius 3 is 3.08 bits per heavy atom. The Morgan fingerprint density at radius 2 is 2.31 bits per heavy atom. The number of aliphatic hydroxyl groups is 1. The predicted octanol–water partition coefficient (Wildman–Crippen LogP) is 1.93. The molecule has 0 bridgehead atoms. The van der Waals surface area contributed by atoms with Crippen LogP contribution in [0.4, 0.5) is 0 Å². The van der Waals surface area contributed by atoms with E-state index in [2.05, 4.69) is 0 Å². The summed E-state index contributed by atoms with van der Waals surface area (Å²) < 4.78 is 5.47. The van der Waals surface area contributed by atoms with Crippen LogP contribution in [0.3, 0.4) is 0 Å². The van der Waals surface area contributed by atoms with Gasteiger partial charge in [-0.05, 0) is 12.5 Å². The standard InChI is InChI=1S/C11H14O2/c1-2-10(12)9-7-13-11-6-4-3-5-8(9)11/h3-6,9-10,12H,2,7H2,1H3/t9?,10-/m0/s1. The van der Waals surface area contributed by atoms with Gasteiger partial charge in [0.1, 0.15) is 5.75 Å². The van der Waals surface area contributed by atoms with E-state index in [1.165, 1.54) is 0 Å². The van der Waals surface area contributed by atoms with Crippen LogP contribution in [0.2, 0.25) is 0 Å². The molecule has 1 N–H and O–H groups in total. The molecule has 2 rings (SSSR count). The molecule has 0 spiro atoms. The first-order valence-electron chi connectivity index (χ1n) is 4.72. The van der Waals surface area contributed by atoms with Crippen LogP contribution in [0.1, 0.15) is 24.8 Å². The lowest BCUT2D eigenvalue weighted by molar-refractivity contribution is 0.125. The molecule has 1 heterocycles. The fraction of sp³-hybridized carbons (Fsp3) is 0.455. The van der Waals surface area contributed by atoms with Gasteiger partial charge in [-0.15, -0.1) is 0 Å². The van der Waals surface area contributed by atoms with Crippen molar-refractivity contribution >= 4 is 0 Å². The Labute approximate surface area is 78.2 Å². The molecule has 0 saturated carbocycles. The average Bonchev–Trinajstić information content (AvgIpc) is 2.60. The number of hydrogen-bond donors (Lipinski definition) is 1. The number of hydrogen-bond acceptors (Lipinski definition) is 2. The number of para-hydroxylation sites is 1. The van der Waals surface area contributed by atoms with E-state index < -0.39 is 0 Å². The molecule has 0 saturated heterocycles. The van der Waals surface area contributed by atoms with Crippen molar-refractivity contribution < 1.29 is 9.84 Å². The monoisotopic (exact) mass is 178 g/mol. The SMILES string of the molecule is CC[C@H](O)C1COc2ccccc21. The van der Waals surface area contributed by atoms with Crippen LogP contribution in [0.25, 0.3) is 0 Å². The Morgan fingerprint density at radius 1 is 1.54 bits per heavy atom. The van der Waals surface area contributed by atoms with Gasteiger partial charge in [0.15, 0.2) is 0 Å². The Kier molecular flexibility index (Phi) is 2.23. The molecule has 2 nitrogen and oxygen atoms in total. The molecule has 1 aromatic rings. The quantitative estimate of drug-likeness (QED) is 0.749. The van der Waals surface area contributed by atoms with Crippen LogP contribution in [0.5, 0.6) is 5.75 Å². The van der Waals surface area contributed by atoms with Gasteiger partial charge < -0.3 is 9.84 Å². The van der Waals surface area contributed by atoms with Gasteiger partial charge >= 0.3 is 0 Å². The molecule has 0 aliphatic carbocycles. The van der Waals surface area contributed by atoms with Crippen LogP contribution in [0, 0.1) is 0 Å². The van der Waals surface area contributed by atoms with Gasteiger partial charge in [0, 0.05) is 11.5 Å². The molecule has 0 fully saturated rings. The first-order chi connectivity index (χ1) is 6.33. The van der Waals surface area contributed by atoms with Crippen LogP contribution in [0.15, 0.2) is 24.3 Å². The van der Waals surface area contributed by atoms with Crippen LogP contribution >= 0.6 is 0 Å². The summed E-state index contributed by atoms with van der Waals surface area (Å²) in [6.07, 6.45) is 0.506. The second-order valence-corrected chi connectivity index (χ2v) is 3.43. The zero-order chi connectivity index (χ0) is 9.26. The van der Waals surface area contributed by atoms with Crippen molar-refractivity contribution in [2.45, 2.75) is 25.4 Å². The summed E-state index contributed by atoms with van der Waals surface area (Å²) in [7, 11) is 0. The average molecular weight is 178 g/mol. The van der Waals surface area contributed by atoms with Gasteiger partial charge in [0.25, 0.3) is 0 Å². The lowest BCUT2D eigenvalue weighted by atomic mass is 9.94. The Balaban J connectivity index is 2.28. The summed E-state index contributed by atoms with van der Waals surface area (Å²) in [6.45, 7) is 2.61. The fourth-order valence-corrected chi connectivity index (χ4v) is 1.79. The van der Waals surface area contributed by atoms with E-state index in [1.807, 2.05) is 31.2 Å². The van der Waals surface area contributed by atoms with E-state index in [9.17, 15) is 5.11 Å². The smallest absolute Gasteiger partial charge is 0.123 e. The summed E-state index contributed by atoms with van der Waals surface area (Å²) in [5.41, 5.74) is 1.15. The van der Waals surface area contributed by atoms with E-state index in [-0.39, 0.29) is 12.0 Å². The normalized spacial score (nSPS) is 22.2. The third kappa shape index (κ3) is 1.42. The van der Waals surface area contributed by atoms with Gasteiger partial charge in [0.2, 0.25) is 0 Å². The summed E-state index contributed by atoms with van der Waals surface area (Å²) in [5, 5.41) is 9.72. The van der Waals surface area contributed by atoms with Crippen LogP contribution < -0.4 is 4.74 Å². The Bertz CT molecular complexity index is 296. The maximum Gasteiger partial charge on any atom is 0.123 e. The number of ether oxygens (including phenoxy) is 1. The number of fused-ring (bicyclic) bond motifs is 1. The zero-order valence-electron chi connectivity index (χ0n) is 7.73. The highest BCUT2D eigenvalue weighted by atomic mass is 16.5. The minimum atomic E-state index is -0.274. The van der Waals surface area contributed by atoms with Crippen molar-refractivity contribution in [2.75, 3.05) is 6.61 Å². The van der Waals surface area contributed by atoms with E-state index in [1.54, 1.807) is 0 Å². The van der Waals surface area contributed by atoms with Crippen molar-refractivity contribution in [1.29, 1.82) is 0 Å². The molecule has 1 aliphatic heterocycles.